The Balaban J connectivity index is 1.84. The minimum Gasteiger partial charge on any atom is -0.481 e. The summed E-state index contributed by atoms with van der Waals surface area (Å²) in [5.74, 6) is -1.84. The molecule has 0 aliphatic carbocycles. The number of ether oxygens (including phenoxy) is 1. The molecule has 2 amide bonds. The highest BCUT2D eigenvalue weighted by Crippen LogP contribution is 2.29. The topological polar surface area (TPSA) is 58.6 Å². The van der Waals surface area contributed by atoms with Crippen LogP contribution in [0.4, 0.5) is 14.5 Å². The maximum Gasteiger partial charge on any atom is 0.263 e. The lowest BCUT2D eigenvalue weighted by Crippen LogP contribution is -2.38. The molecule has 0 saturated carbocycles. The Labute approximate surface area is 168 Å². The van der Waals surface area contributed by atoms with Gasteiger partial charge < -0.3 is 15.0 Å². The van der Waals surface area contributed by atoms with Crippen molar-refractivity contribution in [3.63, 3.8) is 0 Å². The summed E-state index contributed by atoms with van der Waals surface area (Å²) in [4.78, 5) is 26.7. The van der Waals surface area contributed by atoms with Crippen LogP contribution in [0.3, 0.4) is 0 Å². The first-order chi connectivity index (χ1) is 13.8. The first-order valence-electron chi connectivity index (χ1n) is 9.60. The molecular formula is C22H24F2N2O3. The number of fused-ring (bicyclic) bond motifs is 1. The van der Waals surface area contributed by atoms with Crippen LogP contribution in [0.1, 0.15) is 43.1 Å². The Kier molecular flexibility index (Phi) is 6.15. The third-order valence-corrected chi connectivity index (χ3v) is 4.81. The molecule has 1 atom stereocenters. The van der Waals surface area contributed by atoms with Gasteiger partial charge in [0.25, 0.3) is 11.8 Å². The maximum absolute atomic E-state index is 13.9. The predicted molar refractivity (Wildman–Crippen MR) is 106 cm³/mol. The lowest BCUT2D eigenvalue weighted by molar-refractivity contribution is -0.137. The molecule has 1 unspecified atom stereocenters. The van der Waals surface area contributed by atoms with Gasteiger partial charge >= 0.3 is 0 Å². The van der Waals surface area contributed by atoms with E-state index in [-0.39, 0.29) is 5.91 Å². The maximum atomic E-state index is 13.9. The Morgan fingerprint density at radius 3 is 2.59 bits per heavy atom. The highest BCUT2D eigenvalue weighted by atomic mass is 19.1. The van der Waals surface area contributed by atoms with E-state index in [0.717, 1.165) is 24.1 Å². The van der Waals surface area contributed by atoms with Crippen LogP contribution in [-0.2, 0) is 11.3 Å². The number of amides is 2. The molecule has 154 valence electrons. The number of carbonyl (C=O) groups is 2. The van der Waals surface area contributed by atoms with Gasteiger partial charge in [-0.1, -0.05) is 19.9 Å². The summed E-state index contributed by atoms with van der Waals surface area (Å²) >= 11 is 0. The Bertz CT molecular complexity index is 910. The summed E-state index contributed by atoms with van der Waals surface area (Å²) in [7, 11) is 0. The molecule has 2 aromatic carbocycles. The lowest BCUT2D eigenvalue weighted by atomic mass is 10.1. The van der Waals surface area contributed by atoms with Crippen LogP contribution in [0, 0.1) is 17.6 Å². The Hall–Kier alpha value is -2.96. The minimum atomic E-state index is -0.931. The minimum absolute atomic E-state index is 0.0964. The second-order valence-electron chi connectivity index (χ2n) is 7.58. The first-order valence-corrected chi connectivity index (χ1v) is 9.60. The molecule has 1 aliphatic heterocycles. The second kappa shape index (κ2) is 8.59. The first kappa shape index (κ1) is 20.8. The summed E-state index contributed by atoms with van der Waals surface area (Å²) in [6.07, 6.45) is 0.243. The van der Waals surface area contributed by atoms with E-state index < -0.39 is 29.2 Å². The van der Waals surface area contributed by atoms with Crippen molar-refractivity contribution in [1.82, 2.24) is 4.90 Å². The van der Waals surface area contributed by atoms with Crippen molar-refractivity contribution >= 4 is 17.5 Å². The van der Waals surface area contributed by atoms with Crippen LogP contribution >= 0.6 is 0 Å². The molecule has 1 aliphatic rings. The smallest absolute Gasteiger partial charge is 0.263 e. The average molecular weight is 402 g/mol. The monoisotopic (exact) mass is 402 g/mol. The molecular weight excluding hydrogens is 378 g/mol. The molecule has 0 radical (unpaired) electrons. The van der Waals surface area contributed by atoms with Gasteiger partial charge in [0, 0.05) is 24.3 Å². The van der Waals surface area contributed by atoms with E-state index in [2.05, 4.69) is 19.2 Å². The molecule has 0 bridgehead atoms. The van der Waals surface area contributed by atoms with E-state index in [1.165, 1.54) is 6.07 Å². The van der Waals surface area contributed by atoms with Crippen molar-refractivity contribution in [2.75, 3.05) is 11.9 Å². The molecule has 7 heteroatoms. The third kappa shape index (κ3) is 4.72. The van der Waals surface area contributed by atoms with E-state index in [1.54, 1.807) is 30.0 Å². The van der Waals surface area contributed by atoms with Crippen LogP contribution in [0.25, 0.3) is 0 Å². The molecule has 1 N–H and O–H groups in total. The molecule has 1 heterocycles. The van der Waals surface area contributed by atoms with Gasteiger partial charge in [0.15, 0.2) is 6.10 Å². The van der Waals surface area contributed by atoms with Crippen LogP contribution in [-0.4, -0.2) is 29.4 Å². The van der Waals surface area contributed by atoms with Crippen molar-refractivity contribution < 1.29 is 23.1 Å². The molecule has 0 saturated heterocycles. The SMILES string of the molecule is CC(C)CCN1Cc2cc(NC(=O)c3c(F)cccc3F)ccc2OC(C)C1=O. The van der Waals surface area contributed by atoms with E-state index in [4.69, 9.17) is 4.74 Å². The molecule has 0 spiro atoms. The van der Waals surface area contributed by atoms with Gasteiger partial charge in [-0.2, -0.15) is 0 Å². The number of nitrogens with zero attached hydrogens (tertiary/aromatic N) is 1. The summed E-state index contributed by atoms with van der Waals surface area (Å²) in [5.41, 5.74) is 0.449. The molecule has 2 aromatic rings. The summed E-state index contributed by atoms with van der Waals surface area (Å²) in [6.45, 7) is 6.82. The van der Waals surface area contributed by atoms with E-state index >= 15 is 0 Å². The highest BCUT2D eigenvalue weighted by molar-refractivity contribution is 6.04. The quantitative estimate of drug-likeness (QED) is 0.808. The second-order valence-corrected chi connectivity index (χ2v) is 7.58. The molecule has 0 aromatic heterocycles. The van der Waals surface area contributed by atoms with Gasteiger partial charge in [-0.05, 0) is 49.6 Å². The van der Waals surface area contributed by atoms with Crippen LogP contribution < -0.4 is 10.1 Å². The lowest BCUT2D eigenvalue weighted by Gasteiger charge is -2.23. The Morgan fingerprint density at radius 1 is 1.24 bits per heavy atom. The zero-order chi connectivity index (χ0) is 21.1. The van der Waals surface area contributed by atoms with Crippen LogP contribution in [0.2, 0.25) is 0 Å². The van der Waals surface area contributed by atoms with E-state index in [9.17, 15) is 18.4 Å². The average Bonchev–Trinajstić information content (AvgIpc) is 2.76. The number of hydrogen-bond acceptors (Lipinski definition) is 3. The number of halogens is 2. The van der Waals surface area contributed by atoms with Gasteiger partial charge in [0.05, 0.1) is 0 Å². The number of rotatable bonds is 5. The number of hydrogen-bond donors (Lipinski definition) is 1. The van der Waals surface area contributed by atoms with Gasteiger partial charge in [-0.3, -0.25) is 9.59 Å². The molecule has 0 fully saturated rings. The zero-order valence-electron chi connectivity index (χ0n) is 16.7. The fourth-order valence-electron chi connectivity index (χ4n) is 3.19. The third-order valence-electron chi connectivity index (χ3n) is 4.81. The largest absolute Gasteiger partial charge is 0.481 e. The van der Waals surface area contributed by atoms with Crippen molar-refractivity contribution in [3.05, 3.63) is 59.2 Å². The van der Waals surface area contributed by atoms with Crippen LogP contribution in [0.15, 0.2) is 36.4 Å². The predicted octanol–water partition coefficient (Wildman–Crippen LogP) is 4.37. The van der Waals surface area contributed by atoms with E-state index in [0.29, 0.717) is 30.4 Å². The standard InChI is InChI=1S/C22H24F2N2O3/c1-13(2)9-10-26-12-15-11-16(7-8-19(15)29-14(3)22(26)28)25-21(27)20-17(23)5-4-6-18(20)24/h4-8,11,13-14H,9-10,12H2,1-3H3,(H,25,27). The summed E-state index contributed by atoms with van der Waals surface area (Å²) in [6, 6.07) is 8.16. The summed E-state index contributed by atoms with van der Waals surface area (Å²) in [5, 5.41) is 2.52. The number of anilines is 1. The van der Waals surface area contributed by atoms with E-state index in [1.807, 2.05) is 0 Å². The number of carbonyl (C=O) groups excluding carboxylic acids is 2. The summed E-state index contributed by atoms with van der Waals surface area (Å²) < 4.78 is 33.5. The van der Waals surface area contributed by atoms with Gasteiger partial charge in [0.2, 0.25) is 0 Å². The van der Waals surface area contributed by atoms with Crippen LogP contribution in [0.5, 0.6) is 5.75 Å². The Morgan fingerprint density at radius 2 is 1.93 bits per heavy atom. The van der Waals surface area contributed by atoms with Crippen molar-refractivity contribution in [3.8, 4) is 5.75 Å². The van der Waals surface area contributed by atoms with Gasteiger partial charge in [0.1, 0.15) is 22.9 Å². The van der Waals surface area contributed by atoms with Gasteiger partial charge in [-0.25, -0.2) is 8.78 Å². The molecule has 5 nitrogen and oxygen atoms in total. The highest BCUT2D eigenvalue weighted by Gasteiger charge is 2.28. The van der Waals surface area contributed by atoms with Crippen molar-refractivity contribution in [2.24, 2.45) is 5.92 Å². The fourth-order valence-corrected chi connectivity index (χ4v) is 3.19. The molecule has 29 heavy (non-hydrogen) atoms. The van der Waals surface area contributed by atoms with Crippen molar-refractivity contribution in [2.45, 2.75) is 39.8 Å². The molecule has 3 rings (SSSR count). The number of nitrogens with one attached hydrogen (secondary N) is 1. The zero-order valence-corrected chi connectivity index (χ0v) is 16.7. The van der Waals surface area contributed by atoms with Gasteiger partial charge in [-0.15, -0.1) is 0 Å². The fraction of sp³-hybridized carbons (Fsp3) is 0.364. The number of benzene rings is 2. The van der Waals surface area contributed by atoms with Crippen molar-refractivity contribution in [1.29, 1.82) is 0 Å². The normalized spacial score (nSPS) is 16.3.